The maximum Gasteiger partial charge on any atom is 0.289 e. The van der Waals surface area contributed by atoms with Crippen molar-refractivity contribution in [3.8, 4) is 0 Å². The molecule has 5 heteroatoms. The van der Waals surface area contributed by atoms with Crippen LogP contribution in [0.4, 0.5) is 0 Å². The summed E-state index contributed by atoms with van der Waals surface area (Å²) >= 11 is 5.94. The van der Waals surface area contributed by atoms with Crippen LogP contribution in [-0.2, 0) is 0 Å². The van der Waals surface area contributed by atoms with Gasteiger partial charge in [-0.2, -0.15) is 5.10 Å². The Morgan fingerprint density at radius 1 is 1.22 bits per heavy atom. The summed E-state index contributed by atoms with van der Waals surface area (Å²) < 4.78 is 0. The fourth-order valence-corrected chi connectivity index (χ4v) is 1.48. The molecule has 0 bridgehead atoms. The van der Waals surface area contributed by atoms with E-state index in [4.69, 9.17) is 11.6 Å². The number of aromatic nitrogens is 1. The molecule has 0 saturated heterocycles. The largest absolute Gasteiger partial charge is 0.289 e. The second-order valence-corrected chi connectivity index (χ2v) is 3.84. The molecule has 0 unspecified atom stereocenters. The van der Waals surface area contributed by atoms with Gasteiger partial charge in [0.15, 0.2) is 0 Å². The molecule has 0 aliphatic carbocycles. The van der Waals surface area contributed by atoms with Gasteiger partial charge in [-0.05, 0) is 18.2 Å². The molecule has 0 spiro atoms. The van der Waals surface area contributed by atoms with Crippen LogP contribution in [0, 0.1) is 0 Å². The van der Waals surface area contributed by atoms with Crippen molar-refractivity contribution in [2.45, 2.75) is 0 Å². The normalized spacial score (nSPS) is 10.5. The smallest absolute Gasteiger partial charge is 0.266 e. The highest BCUT2D eigenvalue weighted by molar-refractivity contribution is 6.33. The molecule has 4 nitrogen and oxygen atoms in total. The molecule has 18 heavy (non-hydrogen) atoms. The van der Waals surface area contributed by atoms with Gasteiger partial charge in [0.05, 0.1) is 6.21 Å². The zero-order valence-electron chi connectivity index (χ0n) is 9.38. The van der Waals surface area contributed by atoms with Crippen LogP contribution in [0.15, 0.2) is 53.8 Å². The zero-order valence-corrected chi connectivity index (χ0v) is 10.1. The van der Waals surface area contributed by atoms with Gasteiger partial charge in [0.1, 0.15) is 5.69 Å². The van der Waals surface area contributed by atoms with Crippen molar-refractivity contribution >= 4 is 23.7 Å². The third kappa shape index (κ3) is 3.15. The van der Waals surface area contributed by atoms with E-state index in [1.165, 1.54) is 6.21 Å². The van der Waals surface area contributed by atoms with E-state index in [0.29, 0.717) is 10.7 Å². The number of pyridine rings is 1. The van der Waals surface area contributed by atoms with Gasteiger partial charge >= 0.3 is 0 Å². The van der Waals surface area contributed by atoms with Crippen LogP contribution in [0.2, 0.25) is 5.02 Å². The van der Waals surface area contributed by atoms with Gasteiger partial charge in [-0.15, -0.1) is 0 Å². The molecule has 1 heterocycles. The van der Waals surface area contributed by atoms with Crippen molar-refractivity contribution in [2.75, 3.05) is 0 Å². The lowest BCUT2D eigenvalue weighted by Gasteiger charge is -1.98. The number of benzene rings is 1. The summed E-state index contributed by atoms with van der Waals surface area (Å²) in [5, 5.41) is 4.41. The van der Waals surface area contributed by atoms with E-state index in [1.54, 1.807) is 36.5 Å². The van der Waals surface area contributed by atoms with Gasteiger partial charge < -0.3 is 0 Å². The van der Waals surface area contributed by atoms with Crippen molar-refractivity contribution in [1.29, 1.82) is 0 Å². The van der Waals surface area contributed by atoms with Crippen LogP contribution < -0.4 is 5.43 Å². The minimum atomic E-state index is -0.362. The lowest BCUT2D eigenvalue weighted by molar-refractivity contribution is 0.0950. The van der Waals surface area contributed by atoms with Crippen molar-refractivity contribution in [2.24, 2.45) is 5.10 Å². The standard InChI is InChI=1S/C13H10ClN3O/c14-11-6-2-1-5-10(11)9-16-17-13(18)12-7-3-4-8-15-12/h1-9H,(H,17,18)/b16-9-. The number of halogens is 1. The van der Waals surface area contributed by atoms with Gasteiger partial charge in [-0.1, -0.05) is 35.9 Å². The first-order chi connectivity index (χ1) is 8.77. The van der Waals surface area contributed by atoms with Crippen molar-refractivity contribution in [1.82, 2.24) is 10.4 Å². The molecule has 0 aliphatic heterocycles. The lowest BCUT2D eigenvalue weighted by atomic mass is 10.2. The Bertz CT molecular complexity index is 569. The molecule has 2 aromatic rings. The van der Waals surface area contributed by atoms with Crippen LogP contribution in [-0.4, -0.2) is 17.1 Å². The number of nitrogens with zero attached hydrogens (tertiary/aromatic N) is 2. The summed E-state index contributed by atoms with van der Waals surface area (Å²) in [6.07, 6.45) is 3.04. The van der Waals surface area contributed by atoms with Gasteiger partial charge in [0.25, 0.3) is 5.91 Å². The van der Waals surface area contributed by atoms with Crippen LogP contribution >= 0.6 is 11.6 Å². The molecule has 90 valence electrons. The van der Waals surface area contributed by atoms with E-state index in [2.05, 4.69) is 15.5 Å². The Kier molecular flexibility index (Phi) is 4.04. The van der Waals surface area contributed by atoms with Crippen molar-refractivity contribution in [3.05, 3.63) is 64.9 Å². The van der Waals surface area contributed by atoms with Gasteiger partial charge in [0, 0.05) is 16.8 Å². The molecule has 0 aliphatic rings. The van der Waals surface area contributed by atoms with E-state index in [1.807, 2.05) is 12.1 Å². The summed E-state index contributed by atoms with van der Waals surface area (Å²) in [5.74, 6) is -0.362. The number of carbonyl (C=O) groups excluding carboxylic acids is 1. The van der Waals surface area contributed by atoms with Gasteiger partial charge in [-0.25, -0.2) is 5.43 Å². The summed E-state index contributed by atoms with van der Waals surface area (Å²) in [6.45, 7) is 0. The molecule has 0 atom stereocenters. The van der Waals surface area contributed by atoms with Crippen LogP contribution in [0.25, 0.3) is 0 Å². The maximum atomic E-state index is 11.6. The Balaban J connectivity index is 2.00. The Morgan fingerprint density at radius 2 is 2.00 bits per heavy atom. The zero-order chi connectivity index (χ0) is 12.8. The highest BCUT2D eigenvalue weighted by Gasteiger charge is 2.03. The number of rotatable bonds is 3. The second-order valence-electron chi connectivity index (χ2n) is 3.44. The predicted molar refractivity (Wildman–Crippen MR) is 70.7 cm³/mol. The number of amides is 1. The summed E-state index contributed by atoms with van der Waals surface area (Å²) in [7, 11) is 0. The Hall–Kier alpha value is -2.20. The number of hydrogen-bond acceptors (Lipinski definition) is 3. The molecular formula is C13H10ClN3O. The minimum absolute atomic E-state index is 0.314. The third-order valence-corrected chi connectivity index (χ3v) is 2.52. The van der Waals surface area contributed by atoms with E-state index in [9.17, 15) is 4.79 Å². The minimum Gasteiger partial charge on any atom is -0.266 e. The molecule has 0 radical (unpaired) electrons. The van der Waals surface area contributed by atoms with E-state index in [-0.39, 0.29) is 5.91 Å². The van der Waals surface area contributed by atoms with E-state index in [0.717, 1.165) is 5.56 Å². The maximum absolute atomic E-state index is 11.6. The predicted octanol–water partition coefficient (Wildman–Crippen LogP) is 2.50. The molecule has 2 rings (SSSR count). The Morgan fingerprint density at radius 3 is 2.72 bits per heavy atom. The van der Waals surface area contributed by atoms with Gasteiger partial charge in [-0.3, -0.25) is 9.78 Å². The first-order valence-electron chi connectivity index (χ1n) is 5.26. The SMILES string of the molecule is O=C(N/N=C\c1ccccc1Cl)c1ccccn1. The number of hydrogen-bond donors (Lipinski definition) is 1. The van der Waals surface area contributed by atoms with Crippen LogP contribution in [0.5, 0.6) is 0 Å². The Labute approximate surface area is 109 Å². The average Bonchev–Trinajstić information content (AvgIpc) is 2.42. The first kappa shape index (κ1) is 12.3. The van der Waals surface area contributed by atoms with Crippen molar-refractivity contribution in [3.63, 3.8) is 0 Å². The van der Waals surface area contributed by atoms with Crippen LogP contribution in [0.3, 0.4) is 0 Å². The van der Waals surface area contributed by atoms with Crippen molar-refractivity contribution < 1.29 is 4.79 Å². The molecule has 1 aromatic heterocycles. The molecule has 1 aromatic carbocycles. The fraction of sp³-hybridized carbons (Fsp3) is 0. The summed E-state index contributed by atoms with van der Waals surface area (Å²) in [5.41, 5.74) is 3.43. The second kappa shape index (κ2) is 5.93. The molecule has 0 saturated carbocycles. The molecule has 1 amide bonds. The quantitative estimate of drug-likeness (QED) is 0.680. The van der Waals surface area contributed by atoms with E-state index >= 15 is 0 Å². The number of carbonyl (C=O) groups is 1. The van der Waals surface area contributed by atoms with E-state index < -0.39 is 0 Å². The van der Waals surface area contributed by atoms with Crippen LogP contribution in [0.1, 0.15) is 16.1 Å². The molecule has 0 fully saturated rings. The first-order valence-corrected chi connectivity index (χ1v) is 5.64. The third-order valence-electron chi connectivity index (χ3n) is 2.17. The lowest BCUT2D eigenvalue weighted by Crippen LogP contribution is -2.18. The highest BCUT2D eigenvalue weighted by atomic mass is 35.5. The summed E-state index contributed by atoms with van der Waals surface area (Å²) in [6, 6.07) is 12.3. The number of hydrazone groups is 1. The topological polar surface area (TPSA) is 54.4 Å². The fourth-order valence-electron chi connectivity index (χ4n) is 1.29. The van der Waals surface area contributed by atoms with Gasteiger partial charge in [0.2, 0.25) is 0 Å². The monoisotopic (exact) mass is 259 g/mol. The average molecular weight is 260 g/mol. The summed E-state index contributed by atoms with van der Waals surface area (Å²) in [4.78, 5) is 15.5. The number of nitrogens with one attached hydrogen (secondary N) is 1. The highest BCUT2D eigenvalue weighted by Crippen LogP contribution is 2.11. The molecule has 1 N–H and O–H groups in total. The molecular weight excluding hydrogens is 250 g/mol.